The van der Waals surface area contributed by atoms with E-state index in [4.69, 9.17) is 0 Å². The highest BCUT2D eigenvalue weighted by Crippen LogP contribution is 2.36. The molecular weight excluding hydrogens is 399 g/mol. The lowest BCUT2D eigenvalue weighted by atomic mass is 10.1. The first-order chi connectivity index (χ1) is 13.0. The Balaban J connectivity index is 2.07. The van der Waals surface area contributed by atoms with Gasteiger partial charge < -0.3 is 5.32 Å². The minimum absolute atomic E-state index is 0.127. The number of nitrogens with zero attached hydrogens (tertiary/aromatic N) is 1. The molecule has 0 unspecified atom stereocenters. The van der Waals surface area contributed by atoms with Crippen LogP contribution in [0.4, 0.5) is 23.7 Å². The average molecular weight is 413 g/mol. The van der Waals surface area contributed by atoms with Crippen LogP contribution in [0.2, 0.25) is 0 Å². The Kier molecular flexibility index (Phi) is 4.68. The summed E-state index contributed by atoms with van der Waals surface area (Å²) < 4.78 is 67.8. The number of imide groups is 1. The molecule has 2 N–H and O–H groups in total. The Morgan fingerprint density at radius 3 is 2.11 bits per heavy atom. The summed E-state index contributed by atoms with van der Waals surface area (Å²) >= 11 is 0. The number of hydrogen-bond acceptors (Lipinski definition) is 4. The molecule has 1 heterocycles. The van der Waals surface area contributed by atoms with Crippen molar-refractivity contribution in [1.29, 1.82) is 0 Å². The molecule has 1 saturated heterocycles. The molecule has 3 amide bonds. The van der Waals surface area contributed by atoms with Crippen LogP contribution in [0.1, 0.15) is 5.56 Å². The number of amides is 3. The molecule has 0 radical (unpaired) electrons. The minimum Gasteiger partial charge on any atom is -0.302 e. The van der Waals surface area contributed by atoms with Crippen LogP contribution in [0.5, 0.6) is 0 Å². The van der Waals surface area contributed by atoms with Gasteiger partial charge in [0.25, 0.3) is 11.6 Å². The highest BCUT2D eigenvalue weighted by atomic mass is 32.2. The third-order valence-corrected chi connectivity index (χ3v) is 5.55. The second kappa shape index (κ2) is 6.60. The molecule has 2 aromatic carbocycles. The van der Waals surface area contributed by atoms with E-state index in [-0.39, 0.29) is 10.6 Å². The standard InChI is InChI=1S/C17H14F3N3O4S/c1-11-7-9-12(10-8-11)23-14(24)16(17(18,19)20,21-15(23)25)22-28(26,27)13-5-3-2-4-6-13/h2-10,22H,1H3,(H,21,25)/t16-/m0/s1. The summed E-state index contributed by atoms with van der Waals surface area (Å²) in [7, 11) is -4.79. The van der Waals surface area contributed by atoms with Crippen LogP contribution >= 0.6 is 0 Å². The monoisotopic (exact) mass is 413 g/mol. The van der Waals surface area contributed by atoms with Crippen molar-refractivity contribution in [3.05, 3.63) is 60.2 Å². The maximum absolute atomic E-state index is 13.8. The lowest BCUT2D eigenvalue weighted by Crippen LogP contribution is -2.69. The fourth-order valence-electron chi connectivity index (χ4n) is 2.64. The van der Waals surface area contributed by atoms with E-state index in [1.54, 1.807) is 6.92 Å². The van der Waals surface area contributed by atoms with Crippen LogP contribution in [-0.2, 0) is 14.8 Å². The summed E-state index contributed by atoms with van der Waals surface area (Å²) in [4.78, 5) is 24.6. The van der Waals surface area contributed by atoms with Crippen molar-refractivity contribution in [3.63, 3.8) is 0 Å². The Morgan fingerprint density at radius 1 is 1.00 bits per heavy atom. The van der Waals surface area contributed by atoms with Crippen molar-refractivity contribution in [2.24, 2.45) is 0 Å². The average Bonchev–Trinajstić information content (AvgIpc) is 2.87. The van der Waals surface area contributed by atoms with Gasteiger partial charge in [-0.05, 0) is 31.2 Å². The van der Waals surface area contributed by atoms with Crippen molar-refractivity contribution in [2.75, 3.05) is 4.90 Å². The normalized spacial score (nSPS) is 20.4. The molecule has 0 spiro atoms. The second-order valence-electron chi connectivity index (χ2n) is 6.07. The molecule has 28 heavy (non-hydrogen) atoms. The number of benzene rings is 2. The number of rotatable bonds is 4. The smallest absolute Gasteiger partial charge is 0.302 e. The number of urea groups is 1. The quantitative estimate of drug-likeness (QED) is 0.752. The maximum Gasteiger partial charge on any atom is 0.435 e. The topological polar surface area (TPSA) is 95.6 Å². The minimum atomic E-state index is -5.44. The molecule has 7 nitrogen and oxygen atoms in total. The largest absolute Gasteiger partial charge is 0.435 e. The predicted molar refractivity (Wildman–Crippen MR) is 92.7 cm³/mol. The third-order valence-electron chi connectivity index (χ3n) is 4.08. The highest BCUT2D eigenvalue weighted by molar-refractivity contribution is 7.89. The Hall–Kier alpha value is -2.92. The molecule has 0 saturated carbocycles. The number of anilines is 1. The number of carbonyl (C=O) groups is 2. The Morgan fingerprint density at radius 2 is 1.57 bits per heavy atom. The summed E-state index contributed by atoms with van der Waals surface area (Å²) in [6, 6.07) is 10.4. The maximum atomic E-state index is 13.8. The van der Waals surface area contributed by atoms with Gasteiger partial charge in [0.05, 0.1) is 10.6 Å². The molecule has 0 aliphatic carbocycles. The van der Waals surface area contributed by atoms with Gasteiger partial charge in [-0.3, -0.25) is 4.79 Å². The number of aryl methyl sites for hydroxylation is 1. The van der Waals surface area contributed by atoms with Gasteiger partial charge in [-0.1, -0.05) is 35.9 Å². The molecule has 1 fully saturated rings. The third kappa shape index (κ3) is 3.22. The molecule has 1 aliphatic rings. The van der Waals surface area contributed by atoms with Crippen LogP contribution in [0, 0.1) is 6.92 Å². The van der Waals surface area contributed by atoms with E-state index < -0.39 is 38.7 Å². The molecular formula is C17H14F3N3O4S. The number of hydrogen-bond donors (Lipinski definition) is 2. The lowest BCUT2D eigenvalue weighted by Gasteiger charge is -2.29. The van der Waals surface area contributed by atoms with Gasteiger partial charge in [-0.25, -0.2) is 18.1 Å². The lowest BCUT2D eigenvalue weighted by molar-refractivity contribution is -0.194. The zero-order valence-electron chi connectivity index (χ0n) is 14.3. The SMILES string of the molecule is Cc1ccc(N2C(=O)N[C@@](NS(=O)(=O)c3ccccc3)(C(F)(F)F)C2=O)cc1. The van der Waals surface area contributed by atoms with Gasteiger partial charge >= 0.3 is 12.2 Å². The fourth-order valence-corrected chi connectivity index (χ4v) is 3.93. The van der Waals surface area contributed by atoms with Gasteiger partial charge in [0.1, 0.15) is 0 Å². The van der Waals surface area contributed by atoms with Crippen molar-refractivity contribution >= 4 is 27.6 Å². The van der Waals surface area contributed by atoms with E-state index in [0.717, 1.165) is 17.7 Å². The summed E-state index contributed by atoms with van der Waals surface area (Å²) in [5.41, 5.74) is -3.20. The zero-order valence-corrected chi connectivity index (χ0v) is 15.1. The van der Waals surface area contributed by atoms with Crippen LogP contribution < -0.4 is 14.9 Å². The number of sulfonamides is 1. The number of nitrogens with one attached hydrogen (secondary N) is 2. The van der Waals surface area contributed by atoms with Gasteiger partial charge in [0.2, 0.25) is 10.0 Å². The van der Waals surface area contributed by atoms with E-state index in [2.05, 4.69) is 0 Å². The predicted octanol–water partition coefficient (Wildman–Crippen LogP) is 2.29. The van der Waals surface area contributed by atoms with E-state index in [0.29, 0.717) is 0 Å². The summed E-state index contributed by atoms with van der Waals surface area (Å²) in [6.45, 7) is 1.71. The Labute approximate surface area is 158 Å². The number of halogens is 3. The van der Waals surface area contributed by atoms with Crippen LogP contribution in [0.3, 0.4) is 0 Å². The van der Waals surface area contributed by atoms with E-state index in [9.17, 15) is 31.2 Å². The van der Waals surface area contributed by atoms with Crippen molar-refractivity contribution in [2.45, 2.75) is 23.7 Å². The summed E-state index contributed by atoms with van der Waals surface area (Å²) in [6.07, 6.45) is -5.44. The molecule has 3 rings (SSSR count). The van der Waals surface area contributed by atoms with Crippen LogP contribution in [0.15, 0.2) is 59.5 Å². The van der Waals surface area contributed by atoms with Gasteiger partial charge in [-0.2, -0.15) is 17.9 Å². The molecule has 1 aliphatic heterocycles. The van der Waals surface area contributed by atoms with Crippen molar-refractivity contribution in [3.8, 4) is 0 Å². The van der Waals surface area contributed by atoms with Gasteiger partial charge in [0.15, 0.2) is 0 Å². The van der Waals surface area contributed by atoms with Gasteiger partial charge in [0, 0.05) is 0 Å². The molecule has 0 bridgehead atoms. The van der Waals surface area contributed by atoms with E-state index >= 15 is 0 Å². The van der Waals surface area contributed by atoms with Crippen molar-refractivity contribution < 1.29 is 31.2 Å². The second-order valence-corrected chi connectivity index (χ2v) is 7.75. The number of carbonyl (C=O) groups excluding carboxylic acids is 2. The van der Waals surface area contributed by atoms with E-state index in [1.807, 2.05) is 0 Å². The summed E-state index contributed by atoms with van der Waals surface area (Å²) in [5, 5.41) is 1.47. The van der Waals surface area contributed by atoms with E-state index in [1.165, 1.54) is 52.5 Å². The summed E-state index contributed by atoms with van der Waals surface area (Å²) in [5.74, 6) is -1.80. The highest BCUT2D eigenvalue weighted by Gasteiger charge is 2.69. The molecule has 0 aromatic heterocycles. The van der Waals surface area contributed by atoms with Crippen molar-refractivity contribution in [1.82, 2.24) is 10.0 Å². The molecule has 1 atom stereocenters. The van der Waals surface area contributed by atoms with Crippen LogP contribution in [-0.4, -0.2) is 32.2 Å². The molecule has 11 heteroatoms. The van der Waals surface area contributed by atoms with Crippen LogP contribution in [0.25, 0.3) is 0 Å². The first-order valence-corrected chi connectivity index (χ1v) is 9.35. The molecule has 2 aromatic rings. The molecule has 148 valence electrons. The first-order valence-electron chi connectivity index (χ1n) is 7.87. The zero-order chi connectivity index (χ0) is 20.7. The van der Waals surface area contributed by atoms with Gasteiger partial charge in [-0.15, -0.1) is 0 Å². The first kappa shape index (κ1) is 19.8. The fraction of sp³-hybridized carbons (Fsp3) is 0.176. The Bertz CT molecular complexity index is 1020. The number of alkyl halides is 3.